The maximum Gasteiger partial charge on any atom is 0.307 e. The first-order chi connectivity index (χ1) is 17.5. The molecule has 0 radical (unpaired) electrons. The highest BCUT2D eigenvalue weighted by Crippen LogP contribution is 2.41. The minimum absolute atomic E-state index is 0.0581. The number of hydrogen-bond acceptors (Lipinski definition) is 7. The second-order valence-corrected chi connectivity index (χ2v) is 10.9. The minimum atomic E-state index is -0.861. The third-order valence-electron chi connectivity index (χ3n) is 6.99. The van der Waals surface area contributed by atoms with Gasteiger partial charge in [0.2, 0.25) is 5.95 Å². The van der Waals surface area contributed by atoms with E-state index in [-0.39, 0.29) is 6.42 Å². The molecule has 2 aromatic carbocycles. The molecule has 0 spiro atoms. The fourth-order valence-electron chi connectivity index (χ4n) is 4.99. The summed E-state index contributed by atoms with van der Waals surface area (Å²) in [6.45, 7) is 5.90. The number of benzene rings is 2. The van der Waals surface area contributed by atoms with Gasteiger partial charge < -0.3 is 10.0 Å². The predicted molar refractivity (Wildman–Crippen MR) is 144 cm³/mol. The van der Waals surface area contributed by atoms with Crippen LogP contribution in [0.25, 0.3) is 32.0 Å². The fraction of sp³-hybridized carbons (Fsp3) is 0.333. The van der Waals surface area contributed by atoms with Crippen LogP contribution in [0.15, 0.2) is 42.6 Å². The molecule has 2 aliphatic rings. The van der Waals surface area contributed by atoms with Crippen LogP contribution < -0.4 is 4.90 Å². The van der Waals surface area contributed by atoms with Crippen molar-refractivity contribution in [2.75, 3.05) is 31.1 Å². The molecule has 2 fully saturated rings. The molecule has 36 heavy (non-hydrogen) atoms. The Morgan fingerprint density at radius 3 is 2.56 bits per heavy atom. The summed E-state index contributed by atoms with van der Waals surface area (Å²) in [5.41, 5.74) is 5.15. The Bertz CT molecular complexity index is 1440. The highest BCUT2D eigenvalue weighted by Gasteiger charge is 2.31. The molecule has 1 N–H and O–H groups in total. The van der Waals surface area contributed by atoms with Gasteiger partial charge in [0.05, 0.1) is 16.6 Å². The minimum Gasteiger partial charge on any atom is -0.481 e. The molecule has 0 amide bonds. The van der Waals surface area contributed by atoms with E-state index < -0.39 is 5.97 Å². The molecule has 2 aromatic heterocycles. The normalized spacial score (nSPS) is 16.6. The molecular weight excluding hydrogens is 494 g/mol. The number of nitrogens with zero attached hydrogens (tertiary/aromatic N) is 5. The van der Waals surface area contributed by atoms with E-state index in [2.05, 4.69) is 14.8 Å². The van der Waals surface area contributed by atoms with E-state index in [1.54, 1.807) is 6.20 Å². The largest absolute Gasteiger partial charge is 0.481 e. The van der Waals surface area contributed by atoms with Gasteiger partial charge in [-0.05, 0) is 60.7 Å². The lowest BCUT2D eigenvalue weighted by Gasteiger charge is -2.34. The van der Waals surface area contributed by atoms with Crippen LogP contribution in [0.5, 0.6) is 0 Å². The van der Waals surface area contributed by atoms with Crippen molar-refractivity contribution in [2.45, 2.75) is 32.2 Å². The molecule has 1 saturated heterocycles. The average Bonchev–Trinajstić information content (AvgIpc) is 3.65. The van der Waals surface area contributed by atoms with E-state index in [1.807, 2.05) is 43.3 Å². The van der Waals surface area contributed by atoms with Gasteiger partial charge >= 0.3 is 5.97 Å². The van der Waals surface area contributed by atoms with Gasteiger partial charge in [0.15, 0.2) is 0 Å². The Morgan fingerprint density at radius 2 is 1.86 bits per heavy atom. The van der Waals surface area contributed by atoms with Gasteiger partial charge in [-0.3, -0.25) is 9.69 Å². The van der Waals surface area contributed by atoms with Crippen LogP contribution in [0.2, 0.25) is 5.02 Å². The van der Waals surface area contributed by atoms with Crippen LogP contribution >= 0.6 is 22.9 Å². The van der Waals surface area contributed by atoms with Crippen molar-refractivity contribution in [1.29, 1.82) is 0 Å². The van der Waals surface area contributed by atoms with Gasteiger partial charge in [-0.15, -0.1) is 11.3 Å². The number of thiazole rings is 1. The summed E-state index contributed by atoms with van der Waals surface area (Å²) in [5, 5.41) is 11.0. The van der Waals surface area contributed by atoms with Gasteiger partial charge in [0.1, 0.15) is 10.7 Å². The molecule has 4 aromatic rings. The summed E-state index contributed by atoms with van der Waals surface area (Å²) < 4.78 is 0.951. The van der Waals surface area contributed by atoms with Crippen molar-refractivity contribution in [3.05, 3.63) is 58.7 Å². The number of aliphatic carboxylic acids is 1. The Hall–Kier alpha value is -3.07. The highest BCUT2D eigenvalue weighted by molar-refractivity contribution is 7.22. The molecule has 0 bridgehead atoms. The monoisotopic (exact) mass is 519 g/mol. The molecule has 0 unspecified atom stereocenters. The lowest BCUT2D eigenvalue weighted by molar-refractivity contribution is -0.136. The van der Waals surface area contributed by atoms with Crippen LogP contribution in [-0.2, 0) is 11.2 Å². The number of anilines is 1. The molecule has 3 heterocycles. The van der Waals surface area contributed by atoms with Gasteiger partial charge in [-0.1, -0.05) is 23.7 Å². The third kappa shape index (κ3) is 4.56. The van der Waals surface area contributed by atoms with Crippen LogP contribution in [0.1, 0.15) is 24.0 Å². The van der Waals surface area contributed by atoms with Crippen molar-refractivity contribution in [1.82, 2.24) is 19.9 Å². The number of hydrogen-bond donors (Lipinski definition) is 1. The number of piperazine rings is 1. The van der Waals surface area contributed by atoms with Crippen LogP contribution in [-0.4, -0.2) is 63.1 Å². The lowest BCUT2D eigenvalue weighted by Crippen LogP contribution is -2.47. The summed E-state index contributed by atoms with van der Waals surface area (Å²) in [7, 11) is 0. The van der Waals surface area contributed by atoms with Crippen LogP contribution in [0, 0.1) is 6.92 Å². The molecular formula is C27H26ClN5O2S. The van der Waals surface area contributed by atoms with Crippen molar-refractivity contribution < 1.29 is 9.90 Å². The molecule has 184 valence electrons. The second-order valence-electron chi connectivity index (χ2n) is 9.49. The van der Waals surface area contributed by atoms with Crippen LogP contribution in [0.3, 0.4) is 0 Å². The van der Waals surface area contributed by atoms with E-state index in [1.165, 1.54) is 24.2 Å². The zero-order chi connectivity index (χ0) is 24.8. The summed E-state index contributed by atoms with van der Waals surface area (Å²) in [6, 6.07) is 12.2. The molecule has 1 saturated carbocycles. The smallest absolute Gasteiger partial charge is 0.307 e. The molecule has 7 nitrogen and oxygen atoms in total. The number of aromatic nitrogens is 3. The highest BCUT2D eigenvalue weighted by atomic mass is 35.5. The van der Waals surface area contributed by atoms with Gasteiger partial charge in [0, 0.05) is 49.0 Å². The molecule has 6 rings (SSSR count). The van der Waals surface area contributed by atoms with E-state index in [0.29, 0.717) is 5.02 Å². The Morgan fingerprint density at radius 1 is 1.11 bits per heavy atom. The van der Waals surface area contributed by atoms with E-state index >= 15 is 0 Å². The van der Waals surface area contributed by atoms with Gasteiger partial charge in [0.25, 0.3) is 0 Å². The number of carboxylic acids is 1. The van der Waals surface area contributed by atoms with Gasteiger partial charge in [-0.2, -0.15) is 0 Å². The number of carboxylic acid groups (broad SMARTS) is 1. The molecule has 0 atom stereocenters. The van der Waals surface area contributed by atoms with Crippen molar-refractivity contribution in [3.8, 4) is 21.8 Å². The van der Waals surface area contributed by atoms with Crippen LogP contribution in [0.4, 0.5) is 5.95 Å². The quantitative estimate of drug-likeness (QED) is 0.370. The lowest BCUT2D eigenvalue weighted by atomic mass is 9.93. The number of rotatable bonds is 6. The number of fused-ring (bicyclic) bond motifs is 1. The number of carbonyl (C=O) groups is 1. The van der Waals surface area contributed by atoms with Crippen molar-refractivity contribution in [2.24, 2.45) is 0 Å². The average molecular weight is 520 g/mol. The Kier molecular flexibility index (Phi) is 6.11. The molecule has 9 heteroatoms. The third-order valence-corrected chi connectivity index (χ3v) is 8.36. The predicted octanol–water partition coefficient (Wildman–Crippen LogP) is 5.29. The zero-order valence-electron chi connectivity index (χ0n) is 19.9. The van der Waals surface area contributed by atoms with E-state index in [9.17, 15) is 9.90 Å². The summed E-state index contributed by atoms with van der Waals surface area (Å²) in [6.07, 6.45) is 4.40. The topological polar surface area (TPSA) is 82.5 Å². The standard InChI is InChI=1S/C27H26ClN5O2S/c1-16-14-22-25(24(20(16)15-23(34)35)17-2-4-18(28)5-3-17)36-26(30-22)21-8-9-29-27(31-21)33-12-10-32(11-13-33)19-6-7-19/h2-5,8-9,14,19H,6-7,10-13,15H2,1H3,(H,34,35). The first-order valence-electron chi connectivity index (χ1n) is 12.2. The summed E-state index contributed by atoms with van der Waals surface area (Å²) >= 11 is 7.68. The SMILES string of the molecule is Cc1cc2nc(-c3ccnc(N4CCN(C5CC5)CC4)n3)sc2c(-c2ccc(Cl)cc2)c1CC(=O)O. The van der Waals surface area contributed by atoms with Crippen molar-refractivity contribution >= 4 is 45.1 Å². The van der Waals surface area contributed by atoms with Gasteiger partial charge in [-0.25, -0.2) is 15.0 Å². The summed E-state index contributed by atoms with van der Waals surface area (Å²) in [5.74, 6) is -0.123. The molecule has 1 aliphatic carbocycles. The molecule has 1 aliphatic heterocycles. The Labute approximate surface area is 218 Å². The zero-order valence-corrected chi connectivity index (χ0v) is 21.5. The van der Waals surface area contributed by atoms with E-state index in [0.717, 1.165) is 81.3 Å². The van der Waals surface area contributed by atoms with Crippen molar-refractivity contribution in [3.63, 3.8) is 0 Å². The summed E-state index contributed by atoms with van der Waals surface area (Å²) in [4.78, 5) is 30.9. The first-order valence-corrected chi connectivity index (χ1v) is 13.4. The second kappa shape index (κ2) is 9.42. The number of aryl methyl sites for hydroxylation is 1. The fourth-order valence-corrected chi connectivity index (χ4v) is 6.23. The Balaban J connectivity index is 1.39. The number of halogens is 1. The maximum absolute atomic E-state index is 11.7. The maximum atomic E-state index is 11.7. The van der Waals surface area contributed by atoms with E-state index in [4.69, 9.17) is 21.6 Å². The first kappa shape index (κ1) is 23.3.